The van der Waals surface area contributed by atoms with Gasteiger partial charge in [-0.1, -0.05) is 50.2 Å². The molecule has 2 aliphatic rings. The van der Waals surface area contributed by atoms with E-state index < -0.39 is 43.0 Å². The Morgan fingerprint density at radius 2 is 1.90 bits per heavy atom. The number of esters is 1. The number of aliphatic hydroxyl groups is 1. The van der Waals surface area contributed by atoms with Crippen LogP contribution in [0.15, 0.2) is 42.5 Å². The summed E-state index contributed by atoms with van der Waals surface area (Å²) in [5, 5.41) is 13.1. The highest BCUT2D eigenvalue weighted by atomic mass is 16.8. The summed E-state index contributed by atoms with van der Waals surface area (Å²) in [5.41, 5.74) is 0.846. The maximum Gasteiger partial charge on any atom is 0.308 e. The van der Waals surface area contributed by atoms with Gasteiger partial charge in [-0.25, -0.2) is 0 Å². The van der Waals surface area contributed by atoms with Gasteiger partial charge in [0.05, 0.1) is 12.5 Å². The lowest BCUT2D eigenvalue weighted by Crippen LogP contribution is -2.63. The number of rotatable bonds is 4. The van der Waals surface area contributed by atoms with Crippen molar-refractivity contribution in [1.29, 1.82) is 0 Å². The average molecular weight is 402 g/mol. The molecule has 2 aliphatic heterocycles. The molecule has 0 radical (unpaired) electrons. The van der Waals surface area contributed by atoms with Crippen molar-refractivity contribution in [3.63, 3.8) is 0 Å². The smallest absolute Gasteiger partial charge is 0.308 e. The first kappa shape index (κ1) is 20.3. The minimum Gasteiger partial charge on any atom is -0.454 e. The second kappa shape index (κ2) is 8.38. The number of hydrogen-bond acceptors (Lipinski definition) is 7. The maximum atomic E-state index is 12.1. The van der Waals surface area contributed by atoms with E-state index in [0.717, 1.165) is 16.3 Å². The minimum atomic E-state index is -1.10. The number of benzene rings is 2. The number of methoxy groups -OCH3 is 1. The highest BCUT2D eigenvalue weighted by Crippen LogP contribution is 2.36. The van der Waals surface area contributed by atoms with Gasteiger partial charge in [-0.3, -0.25) is 4.79 Å². The van der Waals surface area contributed by atoms with Crippen LogP contribution in [-0.2, 0) is 28.5 Å². The van der Waals surface area contributed by atoms with Crippen LogP contribution in [0, 0.1) is 5.92 Å². The Kier molecular flexibility index (Phi) is 5.85. The molecule has 7 heteroatoms. The van der Waals surface area contributed by atoms with Crippen LogP contribution in [0.1, 0.15) is 25.7 Å². The van der Waals surface area contributed by atoms with Gasteiger partial charge in [-0.05, 0) is 16.8 Å². The van der Waals surface area contributed by atoms with Gasteiger partial charge in [0.1, 0.15) is 18.3 Å². The van der Waals surface area contributed by atoms with E-state index in [-0.39, 0.29) is 12.5 Å². The van der Waals surface area contributed by atoms with Crippen LogP contribution >= 0.6 is 0 Å². The quantitative estimate of drug-likeness (QED) is 0.787. The average Bonchev–Trinajstić information content (AvgIpc) is 2.74. The molecule has 0 spiro atoms. The molecule has 0 unspecified atom stereocenters. The van der Waals surface area contributed by atoms with Gasteiger partial charge >= 0.3 is 5.97 Å². The van der Waals surface area contributed by atoms with Crippen LogP contribution in [0.5, 0.6) is 0 Å². The summed E-state index contributed by atoms with van der Waals surface area (Å²) in [5.74, 6) is -0.769. The predicted molar refractivity (Wildman–Crippen MR) is 104 cm³/mol. The topological polar surface area (TPSA) is 83.5 Å². The molecule has 2 fully saturated rings. The van der Waals surface area contributed by atoms with Crippen LogP contribution < -0.4 is 0 Å². The van der Waals surface area contributed by atoms with Crippen LogP contribution in [0.2, 0.25) is 0 Å². The summed E-state index contributed by atoms with van der Waals surface area (Å²) in [7, 11) is 1.44. The van der Waals surface area contributed by atoms with E-state index in [4.69, 9.17) is 23.7 Å². The lowest BCUT2D eigenvalue weighted by atomic mass is 9.97. The highest BCUT2D eigenvalue weighted by Gasteiger charge is 2.51. The number of aliphatic hydroxyl groups excluding tert-OH is 1. The largest absolute Gasteiger partial charge is 0.454 e. The van der Waals surface area contributed by atoms with Gasteiger partial charge in [-0.15, -0.1) is 0 Å². The molecule has 1 N–H and O–H groups in total. The molecular weight excluding hydrogens is 376 g/mol. The maximum absolute atomic E-state index is 12.1. The van der Waals surface area contributed by atoms with Crippen molar-refractivity contribution in [1.82, 2.24) is 0 Å². The molecule has 0 saturated carbocycles. The van der Waals surface area contributed by atoms with Gasteiger partial charge in [0.15, 0.2) is 18.7 Å². The monoisotopic (exact) mass is 402 g/mol. The number of carbonyl (C=O) groups excluding carboxylic acids is 1. The molecule has 6 atom stereocenters. The van der Waals surface area contributed by atoms with Crippen molar-refractivity contribution in [3.8, 4) is 0 Å². The van der Waals surface area contributed by atoms with E-state index >= 15 is 0 Å². The molecule has 156 valence electrons. The van der Waals surface area contributed by atoms with Crippen molar-refractivity contribution < 1.29 is 33.6 Å². The molecule has 7 nitrogen and oxygen atoms in total. The van der Waals surface area contributed by atoms with E-state index in [1.165, 1.54) is 7.11 Å². The lowest BCUT2D eigenvalue weighted by molar-refractivity contribution is -0.359. The summed E-state index contributed by atoms with van der Waals surface area (Å²) in [6.07, 6.45) is -4.87. The normalized spacial score (nSPS) is 32.2. The molecule has 0 aliphatic carbocycles. The van der Waals surface area contributed by atoms with Crippen LogP contribution in [-0.4, -0.2) is 55.5 Å². The van der Waals surface area contributed by atoms with E-state index in [0.29, 0.717) is 0 Å². The molecule has 2 aromatic rings. The predicted octanol–water partition coefficient (Wildman–Crippen LogP) is 2.55. The lowest BCUT2D eigenvalue weighted by Gasteiger charge is -2.46. The molecule has 2 aromatic carbocycles. The Labute approximate surface area is 169 Å². The zero-order chi connectivity index (χ0) is 20.5. The van der Waals surface area contributed by atoms with Crippen LogP contribution in [0.4, 0.5) is 0 Å². The Balaban J connectivity index is 1.53. The Bertz CT molecular complexity index is 867. The second-order valence-electron chi connectivity index (χ2n) is 7.70. The summed E-state index contributed by atoms with van der Waals surface area (Å²) in [6.45, 7) is 3.68. The highest BCUT2D eigenvalue weighted by molar-refractivity contribution is 5.83. The first-order valence-electron chi connectivity index (χ1n) is 9.80. The van der Waals surface area contributed by atoms with E-state index in [2.05, 4.69) is 0 Å². The summed E-state index contributed by atoms with van der Waals surface area (Å²) >= 11 is 0. The van der Waals surface area contributed by atoms with Gasteiger partial charge in [0.2, 0.25) is 0 Å². The standard InChI is InChI=1S/C22H26O7/c1-12(2)20(24)28-19-17(23)18-16(27-22(19)25-3)11-26-21(29-18)15-9-8-13-6-4-5-7-14(13)10-15/h4-10,12,16-19,21-23H,11H2,1-3H3/t16-,17+,18-,19-,21-,22+/m1/s1. The molecule has 29 heavy (non-hydrogen) atoms. The Morgan fingerprint density at radius 1 is 1.14 bits per heavy atom. The SMILES string of the molecule is CO[C@H]1O[C@@H]2CO[C@@H](c3ccc4ccccc4c3)O[C@H]2[C@H](O)[C@H]1OC(=O)C(C)C. The van der Waals surface area contributed by atoms with Crippen molar-refractivity contribution >= 4 is 16.7 Å². The second-order valence-corrected chi connectivity index (χ2v) is 7.70. The summed E-state index contributed by atoms with van der Waals surface area (Å²) in [4.78, 5) is 12.1. The van der Waals surface area contributed by atoms with E-state index in [9.17, 15) is 9.90 Å². The first-order valence-corrected chi connectivity index (χ1v) is 9.80. The van der Waals surface area contributed by atoms with Crippen molar-refractivity contribution in [2.75, 3.05) is 13.7 Å². The van der Waals surface area contributed by atoms with Crippen LogP contribution in [0.3, 0.4) is 0 Å². The van der Waals surface area contributed by atoms with Gasteiger partial charge < -0.3 is 28.8 Å². The van der Waals surface area contributed by atoms with Crippen molar-refractivity contribution in [2.45, 2.75) is 50.8 Å². The van der Waals surface area contributed by atoms with Crippen molar-refractivity contribution in [3.05, 3.63) is 48.0 Å². The number of ether oxygens (including phenoxy) is 5. The van der Waals surface area contributed by atoms with E-state index in [1.54, 1.807) is 13.8 Å². The van der Waals surface area contributed by atoms with Gasteiger partial charge in [0.25, 0.3) is 0 Å². The molecule has 0 amide bonds. The van der Waals surface area contributed by atoms with E-state index in [1.807, 2.05) is 42.5 Å². The van der Waals surface area contributed by atoms with Gasteiger partial charge in [0, 0.05) is 12.7 Å². The molecule has 0 aromatic heterocycles. The first-order chi connectivity index (χ1) is 14.0. The third kappa shape index (κ3) is 4.01. The third-order valence-electron chi connectivity index (χ3n) is 5.31. The summed E-state index contributed by atoms with van der Waals surface area (Å²) in [6, 6.07) is 14.0. The zero-order valence-corrected chi connectivity index (χ0v) is 16.7. The number of fused-ring (bicyclic) bond motifs is 2. The molecule has 0 bridgehead atoms. The molecule has 2 heterocycles. The zero-order valence-electron chi connectivity index (χ0n) is 16.7. The third-order valence-corrected chi connectivity index (χ3v) is 5.31. The van der Waals surface area contributed by atoms with Crippen molar-refractivity contribution in [2.24, 2.45) is 5.92 Å². The van der Waals surface area contributed by atoms with Gasteiger partial charge in [-0.2, -0.15) is 0 Å². The molecule has 4 rings (SSSR count). The Hall–Kier alpha value is -2.03. The van der Waals surface area contributed by atoms with Crippen LogP contribution in [0.25, 0.3) is 10.8 Å². The molecular formula is C22H26O7. The number of hydrogen-bond donors (Lipinski definition) is 1. The minimum absolute atomic E-state index is 0.226. The summed E-state index contributed by atoms with van der Waals surface area (Å²) < 4.78 is 28.5. The molecule has 2 saturated heterocycles. The number of carbonyl (C=O) groups is 1. The Morgan fingerprint density at radius 3 is 2.62 bits per heavy atom. The fourth-order valence-electron chi connectivity index (χ4n) is 3.68. The fourth-order valence-corrected chi connectivity index (χ4v) is 3.68. The fraction of sp³-hybridized carbons (Fsp3) is 0.500.